The first-order chi connectivity index (χ1) is 8.13. The molecule has 0 spiro atoms. The molecule has 2 unspecified atom stereocenters. The lowest BCUT2D eigenvalue weighted by Gasteiger charge is -2.35. The Morgan fingerprint density at radius 3 is 2.82 bits per heavy atom. The highest BCUT2D eigenvalue weighted by molar-refractivity contribution is 8.13. The van der Waals surface area contributed by atoms with Crippen LogP contribution in [0.4, 0.5) is 0 Å². The van der Waals surface area contributed by atoms with E-state index in [2.05, 4.69) is 26.1 Å². The van der Waals surface area contributed by atoms with E-state index in [-0.39, 0.29) is 5.54 Å². The van der Waals surface area contributed by atoms with Crippen LogP contribution in [0.3, 0.4) is 0 Å². The topological polar surface area (TPSA) is 24.4 Å². The highest BCUT2D eigenvalue weighted by atomic mass is 32.2. The summed E-state index contributed by atoms with van der Waals surface area (Å²) in [6, 6.07) is 0.506. The van der Waals surface area contributed by atoms with Crippen LogP contribution in [0.25, 0.3) is 0 Å². The molecule has 3 heteroatoms. The van der Waals surface area contributed by atoms with Crippen LogP contribution >= 0.6 is 11.8 Å². The van der Waals surface area contributed by atoms with Gasteiger partial charge in [0.1, 0.15) is 0 Å². The number of hydrogen-bond donors (Lipinski definition) is 1. The van der Waals surface area contributed by atoms with Crippen LogP contribution in [0.5, 0.6) is 0 Å². The zero-order valence-corrected chi connectivity index (χ0v) is 12.3. The van der Waals surface area contributed by atoms with Crippen LogP contribution in [0.1, 0.15) is 59.3 Å². The highest BCUT2D eigenvalue weighted by Gasteiger charge is 2.29. The molecule has 98 valence electrons. The normalized spacial score (nSPS) is 34.9. The molecule has 0 aromatic rings. The molecule has 0 aromatic heterocycles. The summed E-state index contributed by atoms with van der Waals surface area (Å²) in [6.07, 6.45) is 8.02. The number of hydrogen-bond acceptors (Lipinski definition) is 2. The first-order valence-corrected chi connectivity index (χ1v) is 8.10. The summed E-state index contributed by atoms with van der Waals surface area (Å²) in [5.41, 5.74) is 0.277. The van der Waals surface area contributed by atoms with Crippen LogP contribution in [-0.2, 0) is 0 Å². The van der Waals surface area contributed by atoms with Gasteiger partial charge in [-0.1, -0.05) is 31.5 Å². The molecular weight excluding hydrogens is 228 g/mol. The zero-order valence-electron chi connectivity index (χ0n) is 11.5. The van der Waals surface area contributed by atoms with Gasteiger partial charge in [0.25, 0.3) is 0 Å². The average molecular weight is 254 g/mol. The van der Waals surface area contributed by atoms with Crippen molar-refractivity contribution in [3.63, 3.8) is 0 Å². The Bertz CT molecular complexity index is 284. The van der Waals surface area contributed by atoms with Gasteiger partial charge in [-0.15, -0.1) is 0 Å². The van der Waals surface area contributed by atoms with Gasteiger partial charge in [-0.3, -0.25) is 4.99 Å². The number of aliphatic imine (C=N–C) groups is 1. The Labute approximate surface area is 110 Å². The fourth-order valence-electron chi connectivity index (χ4n) is 2.79. The van der Waals surface area contributed by atoms with Crippen molar-refractivity contribution in [2.75, 3.05) is 5.75 Å². The van der Waals surface area contributed by atoms with Crippen molar-refractivity contribution in [2.24, 2.45) is 10.9 Å². The smallest absolute Gasteiger partial charge is 0.157 e. The second-order valence-electron chi connectivity index (χ2n) is 5.86. The van der Waals surface area contributed by atoms with Crippen molar-refractivity contribution in [3.8, 4) is 0 Å². The number of nitrogens with zero attached hydrogens (tertiary/aromatic N) is 1. The molecular formula is C14H26N2S. The summed E-state index contributed by atoms with van der Waals surface area (Å²) < 4.78 is 0. The van der Waals surface area contributed by atoms with Gasteiger partial charge in [0.05, 0.1) is 6.04 Å². The zero-order chi connectivity index (χ0) is 12.3. The lowest BCUT2D eigenvalue weighted by Crippen LogP contribution is -2.48. The summed E-state index contributed by atoms with van der Waals surface area (Å²) in [5.74, 6) is 2.05. The quantitative estimate of drug-likeness (QED) is 0.828. The molecule has 1 heterocycles. The van der Waals surface area contributed by atoms with Crippen LogP contribution in [0, 0.1) is 5.92 Å². The fraction of sp³-hybridized carbons (Fsp3) is 0.929. The third-order valence-corrected chi connectivity index (χ3v) is 5.37. The molecule has 2 aliphatic rings. The first kappa shape index (κ1) is 13.3. The van der Waals surface area contributed by atoms with Crippen LogP contribution in [-0.4, -0.2) is 22.5 Å². The molecule has 0 amide bonds. The monoisotopic (exact) mass is 254 g/mol. The average Bonchev–Trinajstić information content (AvgIpc) is 2.82. The molecule has 0 aromatic carbocycles. The number of rotatable bonds is 3. The largest absolute Gasteiger partial charge is 0.360 e. The van der Waals surface area contributed by atoms with E-state index in [1.165, 1.54) is 49.4 Å². The third kappa shape index (κ3) is 3.40. The van der Waals surface area contributed by atoms with Gasteiger partial charge < -0.3 is 5.32 Å². The molecule has 17 heavy (non-hydrogen) atoms. The van der Waals surface area contributed by atoms with Crippen molar-refractivity contribution >= 4 is 16.9 Å². The van der Waals surface area contributed by atoms with Crippen molar-refractivity contribution in [1.82, 2.24) is 5.32 Å². The molecule has 2 rings (SSSR count). The molecule has 0 bridgehead atoms. The molecule has 1 saturated carbocycles. The van der Waals surface area contributed by atoms with E-state index in [1.54, 1.807) is 0 Å². The third-order valence-electron chi connectivity index (χ3n) is 4.48. The Kier molecular flexibility index (Phi) is 4.40. The minimum Gasteiger partial charge on any atom is -0.360 e. The van der Waals surface area contributed by atoms with E-state index in [0.29, 0.717) is 6.04 Å². The summed E-state index contributed by atoms with van der Waals surface area (Å²) in [5, 5.41) is 4.84. The Morgan fingerprint density at radius 2 is 2.18 bits per heavy atom. The maximum atomic E-state index is 4.93. The molecule has 1 aliphatic heterocycles. The minimum absolute atomic E-state index is 0.277. The van der Waals surface area contributed by atoms with Gasteiger partial charge in [-0.2, -0.15) is 0 Å². The van der Waals surface area contributed by atoms with Gasteiger partial charge in [0.15, 0.2) is 5.17 Å². The van der Waals surface area contributed by atoms with Crippen molar-refractivity contribution < 1.29 is 0 Å². The molecule has 1 saturated heterocycles. The molecule has 2 atom stereocenters. The predicted molar refractivity (Wildman–Crippen MR) is 77.8 cm³/mol. The highest BCUT2D eigenvalue weighted by Crippen LogP contribution is 2.31. The van der Waals surface area contributed by atoms with Gasteiger partial charge in [-0.05, 0) is 45.4 Å². The Morgan fingerprint density at radius 1 is 1.47 bits per heavy atom. The van der Waals surface area contributed by atoms with Gasteiger partial charge in [0, 0.05) is 11.3 Å². The molecule has 2 nitrogen and oxygen atoms in total. The van der Waals surface area contributed by atoms with E-state index < -0.39 is 0 Å². The van der Waals surface area contributed by atoms with Crippen molar-refractivity contribution in [2.45, 2.75) is 70.9 Å². The van der Waals surface area contributed by atoms with Gasteiger partial charge >= 0.3 is 0 Å². The van der Waals surface area contributed by atoms with E-state index in [9.17, 15) is 0 Å². The van der Waals surface area contributed by atoms with E-state index in [4.69, 9.17) is 4.99 Å². The van der Waals surface area contributed by atoms with Gasteiger partial charge in [-0.25, -0.2) is 0 Å². The summed E-state index contributed by atoms with van der Waals surface area (Å²) >= 11 is 1.91. The molecule has 0 radical (unpaired) electrons. The molecule has 2 fully saturated rings. The SMILES string of the molecule is CCC1(C)CCSC(=NC(C)C2CCCC2)N1. The Balaban J connectivity index is 1.96. The Hall–Kier alpha value is -0.180. The van der Waals surface area contributed by atoms with E-state index in [0.717, 1.165) is 5.92 Å². The second kappa shape index (κ2) is 5.64. The summed E-state index contributed by atoms with van der Waals surface area (Å²) in [6.45, 7) is 6.88. The van der Waals surface area contributed by atoms with E-state index in [1.807, 2.05) is 11.8 Å². The maximum Gasteiger partial charge on any atom is 0.157 e. The number of thioether (sulfide) groups is 1. The maximum absolute atomic E-state index is 4.93. The molecule has 1 aliphatic carbocycles. The fourth-order valence-corrected chi connectivity index (χ4v) is 4.10. The summed E-state index contributed by atoms with van der Waals surface area (Å²) in [4.78, 5) is 4.93. The molecule has 1 N–H and O–H groups in total. The predicted octanol–water partition coefficient (Wildman–Crippen LogP) is 3.82. The lowest BCUT2D eigenvalue weighted by atomic mass is 9.96. The number of nitrogens with one attached hydrogen (secondary N) is 1. The lowest BCUT2D eigenvalue weighted by molar-refractivity contribution is 0.386. The van der Waals surface area contributed by atoms with Crippen molar-refractivity contribution in [3.05, 3.63) is 0 Å². The van der Waals surface area contributed by atoms with Crippen LogP contribution in [0.2, 0.25) is 0 Å². The minimum atomic E-state index is 0.277. The first-order valence-electron chi connectivity index (χ1n) is 7.12. The van der Waals surface area contributed by atoms with Gasteiger partial charge in [0.2, 0.25) is 0 Å². The van der Waals surface area contributed by atoms with Crippen LogP contribution < -0.4 is 5.32 Å². The van der Waals surface area contributed by atoms with E-state index >= 15 is 0 Å². The standard InChI is InChI=1S/C14H26N2S/c1-4-14(3)9-10-17-13(16-14)15-11(2)12-7-5-6-8-12/h11-12H,4-10H2,1-3H3,(H,15,16). The number of amidine groups is 1. The van der Waals surface area contributed by atoms with Crippen molar-refractivity contribution in [1.29, 1.82) is 0 Å². The van der Waals surface area contributed by atoms with Crippen LogP contribution in [0.15, 0.2) is 4.99 Å². The summed E-state index contributed by atoms with van der Waals surface area (Å²) in [7, 11) is 0. The second-order valence-corrected chi connectivity index (χ2v) is 6.94.